The van der Waals surface area contributed by atoms with Gasteiger partial charge in [0.05, 0.1) is 28.7 Å². The Hall–Kier alpha value is -4.15. The summed E-state index contributed by atoms with van der Waals surface area (Å²) in [5, 5.41) is 8.51. The third-order valence-electron chi connectivity index (χ3n) is 7.57. The molecule has 0 unspecified atom stereocenters. The highest BCUT2D eigenvalue weighted by molar-refractivity contribution is 7.99. The first-order valence-electron chi connectivity index (χ1n) is 15.5. The fourth-order valence-corrected chi connectivity index (χ4v) is 6.13. The first kappa shape index (κ1) is 30.9. The van der Waals surface area contributed by atoms with Crippen LogP contribution in [0.25, 0.3) is 23.1 Å². The van der Waals surface area contributed by atoms with Crippen molar-refractivity contribution in [3.05, 3.63) is 77.7 Å². The molecule has 4 aromatic rings. The molecular formula is C35H39N5O4S. The lowest BCUT2D eigenvalue weighted by atomic mass is 10.2. The Morgan fingerprint density at radius 2 is 1.84 bits per heavy atom. The van der Waals surface area contributed by atoms with Crippen LogP contribution in [0.1, 0.15) is 68.2 Å². The van der Waals surface area contributed by atoms with E-state index in [-0.39, 0.29) is 11.9 Å². The fraction of sp³-hybridized carbons (Fsp3) is 0.371. The average molecular weight is 626 g/mol. The van der Waals surface area contributed by atoms with Crippen molar-refractivity contribution in [1.29, 1.82) is 0 Å². The fourth-order valence-electron chi connectivity index (χ4n) is 5.15. The van der Waals surface area contributed by atoms with E-state index in [1.54, 1.807) is 6.20 Å². The molecule has 1 N–H and O–H groups in total. The van der Waals surface area contributed by atoms with E-state index in [2.05, 4.69) is 20.3 Å². The van der Waals surface area contributed by atoms with Gasteiger partial charge in [0.2, 0.25) is 0 Å². The Bertz CT molecular complexity index is 1700. The summed E-state index contributed by atoms with van der Waals surface area (Å²) in [6.45, 7) is 9.35. The summed E-state index contributed by atoms with van der Waals surface area (Å²) < 4.78 is 12.9. The van der Waals surface area contributed by atoms with Gasteiger partial charge < -0.3 is 14.8 Å². The monoisotopic (exact) mass is 625 g/mol. The molecule has 0 spiro atoms. The lowest BCUT2D eigenvalue weighted by Crippen LogP contribution is -2.27. The number of amides is 1. The first-order chi connectivity index (χ1) is 21.7. The van der Waals surface area contributed by atoms with Gasteiger partial charge in [-0.3, -0.25) is 14.7 Å². The van der Waals surface area contributed by atoms with Crippen molar-refractivity contribution < 1.29 is 19.1 Å². The number of carbonyl (C=O) groups excluding carboxylic acids is 2. The van der Waals surface area contributed by atoms with Crippen LogP contribution in [0, 0.1) is 0 Å². The molecule has 10 heteroatoms. The number of nitrogens with one attached hydrogen (secondary N) is 1. The highest BCUT2D eigenvalue weighted by Crippen LogP contribution is 2.34. The molecule has 0 radical (unpaired) electrons. The number of likely N-dealkylation sites (tertiary alicyclic amines) is 1. The zero-order valence-electron chi connectivity index (χ0n) is 26.0. The van der Waals surface area contributed by atoms with Gasteiger partial charge in [0, 0.05) is 27.8 Å². The molecule has 1 aliphatic heterocycles. The molecule has 2 aromatic heterocycles. The number of nitrogens with zero attached hydrogens (tertiary/aromatic N) is 4. The van der Waals surface area contributed by atoms with Crippen LogP contribution in [0.2, 0.25) is 0 Å². The Balaban J connectivity index is 1.22. The third kappa shape index (κ3) is 8.12. The van der Waals surface area contributed by atoms with Crippen LogP contribution in [-0.2, 0) is 4.74 Å². The predicted octanol–water partition coefficient (Wildman–Crippen LogP) is 6.90. The lowest BCUT2D eigenvalue weighted by molar-refractivity contribution is 0.0522. The Morgan fingerprint density at radius 3 is 2.58 bits per heavy atom. The highest BCUT2D eigenvalue weighted by atomic mass is 32.2. The van der Waals surface area contributed by atoms with Crippen LogP contribution in [-0.4, -0.2) is 69.5 Å². The highest BCUT2D eigenvalue weighted by Gasteiger charge is 2.25. The summed E-state index contributed by atoms with van der Waals surface area (Å²) in [5.74, 6) is 0.672. The minimum atomic E-state index is -0.687. The van der Waals surface area contributed by atoms with Crippen LogP contribution in [0.5, 0.6) is 5.75 Å². The molecular weight excluding hydrogens is 586 g/mol. The maximum Gasteiger partial charge on any atom is 0.435 e. The van der Waals surface area contributed by atoms with Crippen molar-refractivity contribution in [2.75, 3.05) is 26.2 Å². The van der Waals surface area contributed by atoms with Gasteiger partial charge in [-0.1, -0.05) is 23.9 Å². The number of rotatable bonds is 10. The lowest BCUT2D eigenvalue weighted by Gasteiger charge is -2.19. The van der Waals surface area contributed by atoms with Crippen LogP contribution in [0.4, 0.5) is 4.79 Å². The molecule has 6 rings (SSSR count). The van der Waals surface area contributed by atoms with Crippen LogP contribution < -0.4 is 10.1 Å². The summed E-state index contributed by atoms with van der Waals surface area (Å²) in [6, 6.07) is 17.5. The minimum Gasteiger partial charge on any atom is -0.491 e. The molecule has 2 aliphatic rings. The molecule has 2 fully saturated rings. The van der Waals surface area contributed by atoms with Crippen molar-refractivity contribution in [2.45, 2.75) is 67.9 Å². The van der Waals surface area contributed by atoms with Gasteiger partial charge in [-0.05, 0) is 114 Å². The zero-order chi connectivity index (χ0) is 31.4. The second-order valence-electron chi connectivity index (χ2n) is 12.5. The number of pyridine rings is 1. The Kier molecular flexibility index (Phi) is 9.23. The van der Waals surface area contributed by atoms with E-state index in [4.69, 9.17) is 9.47 Å². The molecule has 1 saturated heterocycles. The molecule has 9 nitrogen and oxygen atoms in total. The summed E-state index contributed by atoms with van der Waals surface area (Å²) >= 11 is 1.48. The van der Waals surface area contributed by atoms with Gasteiger partial charge in [0.15, 0.2) is 0 Å². The molecule has 234 valence electrons. The molecule has 3 heterocycles. The van der Waals surface area contributed by atoms with Crippen molar-refractivity contribution in [3.63, 3.8) is 0 Å². The number of fused-ring (bicyclic) bond motifs is 1. The van der Waals surface area contributed by atoms with Crippen LogP contribution in [0.15, 0.2) is 70.6 Å². The van der Waals surface area contributed by atoms with Gasteiger partial charge in [0.25, 0.3) is 5.91 Å². The van der Waals surface area contributed by atoms with Crippen molar-refractivity contribution in [2.24, 2.45) is 0 Å². The van der Waals surface area contributed by atoms with E-state index in [9.17, 15) is 9.59 Å². The predicted molar refractivity (Wildman–Crippen MR) is 177 cm³/mol. The van der Waals surface area contributed by atoms with E-state index < -0.39 is 11.7 Å². The summed E-state index contributed by atoms with van der Waals surface area (Å²) in [6.07, 6.45) is 9.47. The summed E-state index contributed by atoms with van der Waals surface area (Å²) in [4.78, 5) is 34.8. The molecule has 0 atom stereocenters. The van der Waals surface area contributed by atoms with Gasteiger partial charge in [-0.25, -0.2) is 4.79 Å². The molecule has 1 saturated carbocycles. The summed E-state index contributed by atoms with van der Waals surface area (Å²) in [5.41, 5.74) is 1.92. The van der Waals surface area contributed by atoms with Crippen LogP contribution in [0.3, 0.4) is 0 Å². The van der Waals surface area contributed by atoms with Gasteiger partial charge >= 0.3 is 6.09 Å². The second kappa shape index (κ2) is 13.5. The smallest absolute Gasteiger partial charge is 0.435 e. The van der Waals surface area contributed by atoms with E-state index in [1.807, 2.05) is 87.5 Å². The number of hydrogen-bond donors (Lipinski definition) is 1. The largest absolute Gasteiger partial charge is 0.491 e. The Morgan fingerprint density at radius 1 is 1.04 bits per heavy atom. The molecule has 45 heavy (non-hydrogen) atoms. The zero-order valence-corrected chi connectivity index (χ0v) is 26.8. The maximum atomic E-state index is 13.3. The average Bonchev–Trinajstić information content (AvgIpc) is 3.52. The molecule has 0 bridgehead atoms. The SMILES string of the molecule is CC(C)(C)OC(=O)n1nc(/C=C/c2ccc(OCCN3CCCC3)cn2)c2ccc(Sc3ccccc3C(=O)NC3CC3)cc21. The second-order valence-corrected chi connectivity index (χ2v) is 13.6. The van der Waals surface area contributed by atoms with Crippen LogP contribution >= 0.6 is 11.8 Å². The number of benzene rings is 2. The third-order valence-corrected chi connectivity index (χ3v) is 8.63. The van der Waals surface area contributed by atoms with E-state index >= 15 is 0 Å². The first-order valence-corrected chi connectivity index (χ1v) is 16.4. The van der Waals surface area contributed by atoms with Crippen molar-refractivity contribution >= 4 is 46.8 Å². The number of hydrogen-bond acceptors (Lipinski definition) is 8. The van der Waals surface area contributed by atoms with Crippen molar-refractivity contribution in [1.82, 2.24) is 25.0 Å². The standard InChI is InChI=1S/C35H39N5O4S/c1-35(2,3)44-34(42)40-31-22-27(45-32-9-5-4-8-29(32)33(41)37-25-10-11-25)15-16-28(31)30(38-40)17-13-24-12-14-26(23-36-24)43-21-20-39-18-6-7-19-39/h4-5,8-9,12-17,22-23,25H,6-7,10-11,18-21H2,1-3H3,(H,37,41)/b17-13+. The summed E-state index contributed by atoms with van der Waals surface area (Å²) in [7, 11) is 0. The number of carbonyl (C=O) groups is 2. The van der Waals surface area contributed by atoms with Gasteiger partial charge in [0.1, 0.15) is 18.0 Å². The maximum absolute atomic E-state index is 13.3. The van der Waals surface area contributed by atoms with E-state index in [0.717, 1.165) is 59.1 Å². The molecule has 2 aromatic carbocycles. The van der Waals surface area contributed by atoms with E-state index in [0.29, 0.717) is 23.4 Å². The van der Waals surface area contributed by atoms with Gasteiger partial charge in [-0.2, -0.15) is 9.78 Å². The van der Waals surface area contributed by atoms with Crippen molar-refractivity contribution in [3.8, 4) is 5.75 Å². The minimum absolute atomic E-state index is 0.0665. The molecule has 1 aliphatic carbocycles. The topological polar surface area (TPSA) is 98.6 Å². The normalized spacial score (nSPS) is 15.5. The number of aromatic nitrogens is 3. The number of ether oxygens (including phenoxy) is 2. The van der Waals surface area contributed by atoms with Gasteiger partial charge in [-0.15, -0.1) is 0 Å². The molecule has 1 amide bonds. The van der Waals surface area contributed by atoms with E-state index in [1.165, 1.54) is 29.3 Å². The quantitative estimate of drug-likeness (QED) is 0.203. The Labute approximate surface area is 268 Å².